The minimum Gasteiger partial charge on any atom is -0.342 e. The van der Waals surface area contributed by atoms with Crippen LogP contribution in [0, 0.1) is 5.82 Å². The number of amides is 2. The van der Waals surface area contributed by atoms with Crippen molar-refractivity contribution < 1.29 is 14.0 Å². The Kier molecular flexibility index (Phi) is 5.40. The Morgan fingerprint density at radius 3 is 2.67 bits per heavy atom. The van der Waals surface area contributed by atoms with E-state index < -0.39 is 17.6 Å². The molecular formula is C22H17ClFN3O2S. The number of para-hydroxylation sites is 1. The second-order valence-corrected chi connectivity index (χ2v) is 7.59. The molecule has 0 spiro atoms. The fourth-order valence-electron chi connectivity index (χ4n) is 3.51. The van der Waals surface area contributed by atoms with Gasteiger partial charge in [-0.1, -0.05) is 35.9 Å². The van der Waals surface area contributed by atoms with Crippen molar-refractivity contribution in [3.63, 3.8) is 0 Å². The molecule has 30 heavy (non-hydrogen) atoms. The van der Waals surface area contributed by atoms with E-state index in [1.54, 1.807) is 31.3 Å². The average Bonchev–Trinajstić information content (AvgIpc) is 3.06. The highest BCUT2D eigenvalue weighted by molar-refractivity contribution is 7.80. The topological polar surface area (TPSA) is 54.3 Å². The molecule has 1 aromatic heterocycles. The summed E-state index contributed by atoms with van der Waals surface area (Å²) in [5.41, 5.74) is 1.86. The van der Waals surface area contributed by atoms with Gasteiger partial charge in [0.05, 0.1) is 6.54 Å². The number of carbonyl (C=O) groups is 2. The first-order valence-corrected chi connectivity index (χ1v) is 10.1. The Balaban J connectivity index is 1.81. The Hall–Kier alpha value is -3.03. The molecule has 2 amide bonds. The molecule has 0 radical (unpaired) electrons. The number of thiocarbonyl (C=S) groups is 1. The number of benzene rings is 2. The van der Waals surface area contributed by atoms with Crippen molar-refractivity contribution >= 4 is 57.7 Å². The third-order valence-electron chi connectivity index (χ3n) is 5.01. The minimum atomic E-state index is -0.538. The maximum absolute atomic E-state index is 14.3. The van der Waals surface area contributed by atoms with Gasteiger partial charge in [-0.3, -0.25) is 19.8 Å². The van der Waals surface area contributed by atoms with Crippen molar-refractivity contribution in [2.75, 3.05) is 6.54 Å². The van der Waals surface area contributed by atoms with Crippen LogP contribution >= 0.6 is 23.8 Å². The maximum Gasteiger partial charge on any atom is 0.265 e. The lowest BCUT2D eigenvalue weighted by Crippen LogP contribution is -2.53. The summed E-state index contributed by atoms with van der Waals surface area (Å²) < 4.78 is 16.2. The lowest BCUT2D eigenvalue weighted by Gasteiger charge is -2.27. The largest absolute Gasteiger partial charge is 0.342 e. The standard InChI is InChI=1S/C22H17ClFN3O2S/c1-2-27-21(29)15(20(28)25-22(27)30)10-13-11-26(19-9-4-3-6-14(13)19)12-16-17(23)7-5-8-18(16)24/h3-11H,2,12H2,1H3,(H,25,28,30)/b15-10+. The predicted octanol–water partition coefficient (Wildman–Crippen LogP) is 4.13. The molecule has 1 aliphatic heterocycles. The highest BCUT2D eigenvalue weighted by Gasteiger charge is 2.32. The molecular weight excluding hydrogens is 425 g/mol. The van der Waals surface area contributed by atoms with Gasteiger partial charge in [0, 0.05) is 39.8 Å². The summed E-state index contributed by atoms with van der Waals surface area (Å²) in [5.74, 6) is -1.38. The molecule has 0 bridgehead atoms. The van der Waals surface area contributed by atoms with Crippen molar-refractivity contribution in [3.05, 3.63) is 76.2 Å². The Morgan fingerprint density at radius 2 is 1.93 bits per heavy atom. The van der Waals surface area contributed by atoms with Gasteiger partial charge < -0.3 is 4.57 Å². The monoisotopic (exact) mass is 441 g/mol. The van der Waals surface area contributed by atoms with E-state index in [4.69, 9.17) is 23.8 Å². The number of likely N-dealkylation sites (N-methyl/N-ethyl adjacent to an activating group) is 1. The molecule has 1 N–H and O–H groups in total. The van der Waals surface area contributed by atoms with Gasteiger partial charge >= 0.3 is 0 Å². The zero-order valence-corrected chi connectivity index (χ0v) is 17.6. The van der Waals surface area contributed by atoms with Crippen LogP contribution in [0.15, 0.2) is 54.2 Å². The van der Waals surface area contributed by atoms with Crippen LogP contribution < -0.4 is 5.32 Å². The number of halogens is 2. The van der Waals surface area contributed by atoms with Crippen LogP contribution in [0.4, 0.5) is 4.39 Å². The predicted molar refractivity (Wildman–Crippen MR) is 119 cm³/mol. The zero-order chi connectivity index (χ0) is 21.4. The zero-order valence-electron chi connectivity index (χ0n) is 16.0. The molecule has 0 unspecified atom stereocenters. The molecule has 5 nitrogen and oxygen atoms in total. The summed E-state index contributed by atoms with van der Waals surface area (Å²) in [6.45, 7) is 2.34. The number of hydrogen-bond donors (Lipinski definition) is 1. The van der Waals surface area contributed by atoms with Gasteiger partial charge in [0.15, 0.2) is 5.11 Å². The van der Waals surface area contributed by atoms with Crippen LogP contribution in [0.3, 0.4) is 0 Å². The molecule has 2 heterocycles. The third kappa shape index (κ3) is 3.51. The van der Waals surface area contributed by atoms with E-state index in [9.17, 15) is 14.0 Å². The highest BCUT2D eigenvalue weighted by atomic mass is 35.5. The van der Waals surface area contributed by atoms with Crippen LogP contribution in [-0.2, 0) is 16.1 Å². The van der Waals surface area contributed by atoms with Crippen molar-refractivity contribution in [1.82, 2.24) is 14.8 Å². The van der Waals surface area contributed by atoms with Crippen molar-refractivity contribution in [2.45, 2.75) is 13.5 Å². The first-order valence-electron chi connectivity index (χ1n) is 9.30. The van der Waals surface area contributed by atoms with Gasteiger partial charge in [0.2, 0.25) is 0 Å². The van der Waals surface area contributed by atoms with Gasteiger partial charge in [-0.25, -0.2) is 4.39 Å². The van der Waals surface area contributed by atoms with Crippen LogP contribution in [0.1, 0.15) is 18.1 Å². The van der Waals surface area contributed by atoms with E-state index in [2.05, 4.69) is 5.32 Å². The Labute approximate surface area is 182 Å². The maximum atomic E-state index is 14.3. The second-order valence-electron chi connectivity index (χ2n) is 6.80. The van der Waals surface area contributed by atoms with Crippen molar-refractivity contribution in [1.29, 1.82) is 0 Å². The van der Waals surface area contributed by atoms with Crippen molar-refractivity contribution in [2.24, 2.45) is 0 Å². The number of nitrogens with zero attached hydrogens (tertiary/aromatic N) is 2. The fraction of sp³-hybridized carbons (Fsp3) is 0.136. The van der Waals surface area contributed by atoms with Gasteiger partial charge in [0.25, 0.3) is 11.8 Å². The lowest BCUT2D eigenvalue weighted by molar-refractivity contribution is -0.128. The summed E-state index contributed by atoms with van der Waals surface area (Å²) in [5, 5.41) is 3.81. The molecule has 8 heteroatoms. The average molecular weight is 442 g/mol. The SMILES string of the molecule is CCN1C(=O)/C(=C/c2cn(Cc3c(F)cccc3Cl)c3ccccc23)C(=O)NC1=S. The van der Waals surface area contributed by atoms with E-state index in [-0.39, 0.29) is 17.2 Å². The van der Waals surface area contributed by atoms with Crippen LogP contribution in [-0.4, -0.2) is 32.9 Å². The van der Waals surface area contributed by atoms with E-state index in [0.29, 0.717) is 22.7 Å². The number of carbonyl (C=O) groups excluding carboxylic acids is 2. The van der Waals surface area contributed by atoms with E-state index in [0.717, 1.165) is 10.9 Å². The number of fused-ring (bicyclic) bond motifs is 1. The first-order chi connectivity index (χ1) is 14.4. The van der Waals surface area contributed by atoms with Crippen LogP contribution in [0.25, 0.3) is 17.0 Å². The molecule has 152 valence electrons. The molecule has 0 atom stereocenters. The van der Waals surface area contributed by atoms with Crippen molar-refractivity contribution in [3.8, 4) is 0 Å². The summed E-state index contributed by atoms with van der Waals surface area (Å²) in [6, 6.07) is 12.1. The molecule has 0 saturated carbocycles. The van der Waals surface area contributed by atoms with E-state index in [1.807, 2.05) is 28.8 Å². The van der Waals surface area contributed by atoms with Crippen LogP contribution in [0.2, 0.25) is 5.02 Å². The number of aromatic nitrogens is 1. The quantitative estimate of drug-likeness (QED) is 0.376. The number of rotatable bonds is 4. The third-order valence-corrected chi connectivity index (χ3v) is 5.69. The smallest absolute Gasteiger partial charge is 0.265 e. The minimum absolute atomic E-state index is 0.00252. The molecule has 0 aliphatic carbocycles. The van der Waals surface area contributed by atoms with Gasteiger partial charge in [0.1, 0.15) is 11.4 Å². The summed E-state index contributed by atoms with van der Waals surface area (Å²) in [7, 11) is 0. The molecule has 4 rings (SSSR count). The summed E-state index contributed by atoms with van der Waals surface area (Å²) in [6.07, 6.45) is 3.33. The van der Waals surface area contributed by atoms with E-state index >= 15 is 0 Å². The number of hydrogen-bond acceptors (Lipinski definition) is 3. The molecule has 1 fully saturated rings. The van der Waals surface area contributed by atoms with E-state index in [1.165, 1.54) is 11.0 Å². The van der Waals surface area contributed by atoms with Gasteiger partial charge in [-0.2, -0.15) is 0 Å². The summed E-state index contributed by atoms with van der Waals surface area (Å²) >= 11 is 11.3. The van der Waals surface area contributed by atoms with Gasteiger partial charge in [-0.15, -0.1) is 0 Å². The number of nitrogens with one attached hydrogen (secondary N) is 1. The second kappa shape index (κ2) is 8.01. The van der Waals surface area contributed by atoms with Gasteiger partial charge in [-0.05, 0) is 43.4 Å². The normalized spacial score (nSPS) is 15.9. The lowest BCUT2D eigenvalue weighted by atomic mass is 10.1. The fourth-order valence-corrected chi connectivity index (χ4v) is 4.04. The Bertz CT molecular complexity index is 1210. The molecule has 2 aromatic carbocycles. The Morgan fingerprint density at radius 1 is 1.17 bits per heavy atom. The molecule has 3 aromatic rings. The highest BCUT2D eigenvalue weighted by Crippen LogP contribution is 2.28. The molecule has 1 aliphatic rings. The summed E-state index contributed by atoms with van der Waals surface area (Å²) in [4.78, 5) is 26.5. The first kappa shape index (κ1) is 20.3. The molecule has 1 saturated heterocycles. The van der Waals surface area contributed by atoms with Crippen LogP contribution in [0.5, 0.6) is 0 Å².